The molecule has 0 spiro atoms. The lowest BCUT2D eigenvalue weighted by molar-refractivity contribution is -0.147. The van der Waals surface area contributed by atoms with E-state index < -0.39 is 23.7 Å². The summed E-state index contributed by atoms with van der Waals surface area (Å²) in [5.74, 6) is -2.06. The molecule has 0 aliphatic carbocycles. The lowest BCUT2D eigenvalue weighted by Gasteiger charge is -2.18. The first kappa shape index (κ1) is 12.6. The molecule has 0 fully saturated rings. The van der Waals surface area contributed by atoms with Crippen LogP contribution in [0.25, 0.3) is 0 Å². The van der Waals surface area contributed by atoms with Gasteiger partial charge in [0.2, 0.25) is 5.78 Å². The number of hydrogen-bond donors (Lipinski definition) is 1. The number of hydrogen-bond acceptors (Lipinski definition) is 4. The van der Waals surface area contributed by atoms with Gasteiger partial charge in [0.1, 0.15) is 6.04 Å². The third kappa shape index (κ3) is 3.55. The van der Waals surface area contributed by atoms with Crippen molar-refractivity contribution in [1.29, 1.82) is 0 Å². The highest BCUT2D eigenvalue weighted by atomic mass is 16.5. The maximum absolute atomic E-state index is 11.2. The third-order valence-electron chi connectivity index (χ3n) is 1.73. The number of ether oxygens (including phenoxy) is 1. The predicted octanol–water partition coefficient (Wildman–Crippen LogP) is -0.111. The quantitative estimate of drug-likeness (QED) is 0.508. The lowest BCUT2D eigenvalue weighted by Crippen LogP contribution is -2.47. The van der Waals surface area contributed by atoms with E-state index in [2.05, 4.69) is 10.1 Å². The van der Waals surface area contributed by atoms with Crippen molar-refractivity contribution >= 4 is 17.7 Å². The van der Waals surface area contributed by atoms with Gasteiger partial charge in [0.25, 0.3) is 5.91 Å². The molecule has 0 radical (unpaired) electrons. The second-order valence-corrected chi connectivity index (χ2v) is 3.27. The SMILES string of the molecule is COC(=O)[C@@H](NC(=O)C(C)=O)C(C)C. The zero-order valence-electron chi connectivity index (χ0n) is 8.79. The fourth-order valence-electron chi connectivity index (χ4n) is 0.868. The van der Waals surface area contributed by atoms with Gasteiger partial charge < -0.3 is 10.1 Å². The summed E-state index contributed by atoms with van der Waals surface area (Å²) in [7, 11) is 1.23. The van der Waals surface area contributed by atoms with E-state index in [1.165, 1.54) is 7.11 Å². The van der Waals surface area contributed by atoms with E-state index in [0.29, 0.717) is 0 Å². The van der Waals surface area contributed by atoms with Crippen LogP contribution in [0.15, 0.2) is 0 Å². The van der Waals surface area contributed by atoms with E-state index in [1.807, 2.05) is 0 Å². The Balaban J connectivity index is 4.46. The van der Waals surface area contributed by atoms with Crippen molar-refractivity contribution in [2.24, 2.45) is 5.92 Å². The first-order chi connectivity index (χ1) is 6.40. The first-order valence-electron chi connectivity index (χ1n) is 4.29. The number of Topliss-reactive ketones (excluding diaryl/α,β-unsaturated/α-hetero) is 1. The molecule has 0 aromatic rings. The van der Waals surface area contributed by atoms with E-state index in [4.69, 9.17) is 0 Å². The summed E-state index contributed by atoms with van der Waals surface area (Å²) in [6.07, 6.45) is 0. The lowest BCUT2D eigenvalue weighted by atomic mass is 10.0. The highest BCUT2D eigenvalue weighted by molar-refractivity contribution is 6.35. The topological polar surface area (TPSA) is 72.5 Å². The Morgan fingerprint density at radius 1 is 1.21 bits per heavy atom. The van der Waals surface area contributed by atoms with E-state index in [-0.39, 0.29) is 5.92 Å². The summed E-state index contributed by atoms with van der Waals surface area (Å²) >= 11 is 0. The van der Waals surface area contributed by atoms with Gasteiger partial charge in [0, 0.05) is 6.92 Å². The smallest absolute Gasteiger partial charge is 0.328 e. The van der Waals surface area contributed by atoms with E-state index >= 15 is 0 Å². The van der Waals surface area contributed by atoms with Crippen LogP contribution in [0.4, 0.5) is 0 Å². The maximum atomic E-state index is 11.2. The van der Waals surface area contributed by atoms with Crippen LogP contribution in [0.3, 0.4) is 0 Å². The maximum Gasteiger partial charge on any atom is 0.328 e. The Bertz CT molecular complexity index is 247. The van der Waals surface area contributed by atoms with Crippen molar-refractivity contribution in [3.63, 3.8) is 0 Å². The molecule has 0 aliphatic heterocycles. The number of nitrogens with one attached hydrogen (secondary N) is 1. The van der Waals surface area contributed by atoms with Gasteiger partial charge in [0.15, 0.2) is 0 Å². The summed E-state index contributed by atoms with van der Waals surface area (Å²) in [4.78, 5) is 32.8. The van der Waals surface area contributed by atoms with Crippen molar-refractivity contribution in [3.05, 3.63) is 0 Å². The van der Waals surface area contributed by atoms with Crippen molar-refractivity contribution in [1.82, 2.24) is 5.32 Å². The van der Waals surface area contributed by atoms with Gasteiger partial charge in [-0.15, -0.1) is 0 Å². The summed E-state index contributed by atoms with van der Waals surface area (Å²) in [6.45, 7) is 4.65. The average Bonchev–Trinajstić information content (AvgIpc) is 2.11. The van der Waals surface area contributed by atoms with Crippen molar-refractivity contribution in [2.75, 3.05) is 7.11 Å². The molecule has 0 heterocycles. The second-order valence-electron chi connectivity index (χ2n) is 3.27. The first-order valence-corrected chi connectivity index (χ1v) is 4.29. The van der Waals surface area contributed by atoms with Gasteiger partial charge in [-0.25, -0.2) is 4.79 Å². The largest absolute Gasteiger partial charge is 0.467 e. The summed E-state index contributed by atoms with van der Waals surface area (Å²) in [5.41, 5.74) is 0. The molecule has 80 valence electrons. The van der Waals surface area contributed by atoms with Crippen LogP contribution >= 0.6 is 0 Å². The fourth-order valence-corrected chi connectivity index (χ4v) is 0.868. The number of amides is 1. The molecule has 0 bridgehead atoms. The highest BCUT2D eigenvalue weighted by Crippen LogP contribution is 2.03. The van der Waals surface area contributed by atoms with Crippen molar-refractivity contribution < 1.29 is 19.1 Å². The number of methoxy groups -OCH3 is 1. The van der Waals surface area contributed by atoms with Gasteiger partial charge in [-0.3, -0.25) is 9.59 Å². The average molecular weight is 201 g/mol. The summed E-state index contributed by atoms with van der Waals surface area (Å²) < 4.78 is 4.49. The number of carbonyl (C=O) groups is 3. The van der Waals surface area contributed by atoms with Crippen LogP contribution < -0.4 is 5.32 Å². The molecule has 0 saturated carbocycles. The van der Waals surface area contributed by atoms with Crippen LogP contribution in [0.2, 0.25) is 0 Å². The standard InChI is InChI=1S/C9H15NO4/c1-5(2)7(9(13)14-4)10-8(12)6(3)11/h5,7H,1-4H3,(H,10,12)/t7-/m0/s1. The molecule has 1 amide bonds. The fraction of sp³-hybridized carbons (Fsp3) is 0.667. The number of esters is 1. The molecular weight excluding hydrogens is 186 g/mol. The minimum absolute atomic E-state index is 0.120. The molecule has 0 aromatic heterocycles. The van der Waals surface area contributed by atoms with Gasteiger partial charge in [-0.1, -0.05) is 13.8 Å². The Hall–Kier alpha value is -1.39. The van der Waals surface area contributed by atoms with Gasteiger partial charge in [0.05, 0.1) is 7.11 Å². The van der Waals surface area contributed by atoms with Crippen LogP contribution in [0.5, 0.6) is 0 Å². The van der Waals surface area contributed by atoms with Crippen LogP contribution in [0, 0.1) is 5.92 Å². The van der Waals surface area contributed by atoms with Gasteiger partial charge in [-0.05, 0) is 5.92 Å². The third-order valence-corrected chi connectivity index (χ3v) is 1.73. The number of rotatable bonds is 4. The second kappa shape index (κ2) is 5.36. The highest BCUT2D eigenvalue weighted by Gasteiger charge is 2.25. The number of carbonyl (C=O) groups excluding carboxylic acids is 3. The van der Waals surface area contributed by atoms with Crippen LogP contribution in [-0.2, 0) is 19.1 Å². The van der Waals surface area contributed by atoms with Crippen molar-refractivity contribution in [2.45, 2.75) is 26.8 Å². The zero-order chi connectivity index (χ0) is 11.3. The molecule has 0 rings (SSSR count). The Morgan fingerprint density at radius 2 is 1.71 bits per heavy atom. The zero-order valence-corrected chi connectivity index (χ0v) is 8.79. The Morgan fingerprint density at radius 3 is 2.00 bits per heavy atom. The van der Waals surface area contributed by atoms with Gasteiger partial charge >= 0.3 is 5.97 Å². The Kier molecular flexibility index (Phi) is 4.83. The minimum atomic E-state index is -0.769. The molecule has 5 heteroatoms. The normalized spacial score (nSPS) is 12.1. The summed E-state index contributed by atoms with van der Waals surface area (Å²) in [6, 6.07) is -0.767. The predicted molar refractivity (Wildman–Crippen MR) is 49.5 cm³/mol. The molecule has 0 aromatic carbocycles. The molecule has 0 unspecified atom stereocenters. The van der Waals surface area contributed by atoms with E-state index in [0.717, 1.165) is 6.92 Å². The van der Waals surface area contributed by atoms with Crippen molar-refractivity contribution in [3.8, 4) is 0 Å². The molecule has 0 saturated heterocycles. The molecular formula is C9H15NO4. The van der Waals surface area contributed by atoms with E-state index in [1.54, 1.807) is 13.8 Å². The molecule has 1 N–H and O–H groups in total. The van der Waals surface area contributed by atoms with Crippen LogP contribution in [-0.4, -0.2) is 30.8 Å². The van der Waals surface area contributed by atoms with E-state index in [9.17, 15) is 14.4 Å². The summed E-state index contributed by atoms with van der Waals surface area (Å²) in [5, 5.41) is 2.30. The molecule has 5 nitrogen and oxygen atoms in total. The Labute approximate surface area is 82.8 Å². The minimum Gasteiger partial charge on any atom is -0.467 e. The van der Waals surface area contributed by atoms with Crippen LogP contribution in [0.1, 0.15) is 20.8 Å². The molecule has 1 atom stereocenters. The van der Waals surface area contributed by atoms with Gasteiger partial charge in [-0.2, -0.15) is 0 Å². The molecule has 14 heavy (non-hydrogen) atoms. The monoisotopic (exact) mass is 201 g/mol. The number of ketones is 1. The molecule has 0 aliphatic rings.